The molecular weight excluding hydrogens is 230 g/mol. The molecule has 16 heavy (non-hydrogen) atoms. The molecule has 82 valence electrons. The van der Waals surface area contributed by atoms with Crippen LogP contribution in [0.25, 0.3) is 0 Å². The highest BCUT2D eigenvalue weighted by Gasteiger charge is 2.04. The predicted octanol–water partition coefficient (Wildman–Crippen LogP) is 2.35. The second-order valence-electron chi connectivity index (χ2n) is 3.02. The van der Waals surface area contributed by atoms with Crippen molar-refractivity contribution >= 4 is 28.8 Å². The van der Waals surface area contributed by atoms with Crippen LogP contribution in [0.15, 0.2) is 39.3 Å². The summed E-state index contributed by atoms with van der Waals surface area (Å²) in [6.07, 6.45) is 0. The Labute approximate surface area is 95.1 Å². The second kappa shape index (κ2) is 4.19. The largest absolute Gasteiger partial charge is 0.382 e. The third kappa shape index (κ3) is 2.12. The van der Waals surface area contributed by atoms with Gasteiger partial charge in [0.1, 0.15) is 5.82 Å². The monoisotopic (exact) mass is 237 g/mol. The van der Waals surface area contributed by atoms with Gasteiger partial charge in [-0.3, -0.25) is 15.0 Å². The molecule has 0 unspecified atom stereocenters. The van der Waals surface area contributed by atoms with Crippen molar-refractivity contribution in [2.45, 2.75) is 0 Å². The molecule has 6 nitrogen and oxygen atoms in total. The van der Waals surface area contributed by atoms with E-state index < -0.39 is 5.56 Å². The fraction of sp³-hybridized carbons (Fsp3) is 0. The first kappa shape index (κ1) is 10.4. The van der Waals surface area contributed by atoms with Crippen LogP contribution in [-0.2, 0) is 0 Å². The molecule has 0 radical (unpaired) electrons. The summed E-state index contributed by atoms with van der Waals surface area (Å²) in [5.74, 6) is 0.155. The minimum atomic E-state index is -0.407. The normalized spacial score (nSPS) is 11.1. The van der Waals surface area contributed by atoms with Gasteiger partial charge in [0.25, 0.3) is 5.56 Å². The Morgan fingerprint density at radius 2 is 1.81 bits per heavy atom. The Kier molecular flexibility index (Phi) is 2.74. The zero-order chi connectivity index (χ0) is 11.5. The number of aromatic nitrogens is 2. The molecule has 0 atom stereocenters. The van der Waals surface area contributed by atoms with E-state index in [9.17, 15) is 4.79 Å². The zero-order valence-electron chi connectivity index (χ0n) is 8.07. The molecule has 1 aromatic carbocycles. The Hall–Kier alpha value is -2.08. The average Bonchev–Trinajstić information content (AvgIpc) is 2.59. The summed E-state index contributed by atoms with van der Waals surface area (Å²) in [6, 6.07) is 6.73. The maximum atomic E-state index is 11.2. The third-order valence-electron chi connectivity index (χ3n) is 1.87. The summed E-state index contributed by atoms with van der Waals surface area (Å²) >= 11 is 5.71. The van der Waals surface area contributed by atoms with E-state index in [1.807, 2.05) is 0 Å². The highest BCUT2D eigenvalue weighted by Crippen LogP contribution is 2.20. The van der Waals surface area contributed by atoms with E-state index in [1.54, 1.807) is 24.3 Å². The molecule has 1 aromatic heterocycles. The van der Waals surface area contributed by atoms with Gasteiger partial charge in [-0.1, -0.05) is 11.6 Å². The van der Waals surface area contributed by atoms with E-state index in [-0.39, 0.29) is 11.5 Å². The molecule has 0 aliphatic rings. The fourth-order valence-corrected chi connectivity index (χ4v) is 1.21. The number of rotatable bonds is 2. The first-order chi connectivity index (χ1) is 7.66. The Morgan fingerprint density at radius 3 is 2.38 bits per heavy atom. The number of nitrogens with zero attached hydrogens (tertiary/aromatic N) is 2. The van der Waals surface area contributed by atoms with Gasteiger partial charge in [-0.25, -0.2) is 0 Å². The molecule has 0 saturated heterocycles. The van der Waals surface area contributed by atoms with Crippen LogP contribution in [-0.4, -0.2) is 10.2 Å². The van der Waals surface area contributed by atoms with Gasteiger partial charge in [0, 0.05) is 5.02 Å². The van der Waals surface area contributed by atoms with Crippen LogP contribution in [0.1, 0.15) is 0 Å². The molecule has 2 rings (SSSR count). The van der Waals surface area contributed by atoms with E-state index in [0.717, 1.165) is 0 Å². The van der Waals surface area contributed by atoms with Crippen LogP contribution in [0.3, 0.4) is 0 Å². The second-order valence-corrected chi connectivity index (χ2v) is 3.45. The molecule has 2 aromatic rings. The van der Waals surface area contributed by atoms with E-state index in [2.05, 4.69) is 20.4 Å². The number of H-pyrrole nitrogens is 2. The Bertz CT molecular complexity index is 568. The number of aromatic amines is 2. The topological polar surface area (TPSA) is 99.4 Å². The number of hydrogen-bond donors (Lipinski definition) is 3. The number of halogens is 1. The third-order valence-corrected chi connectivity index (χ3v) is 2.12. The first-order valence-electron chi connectivity index (χ1n) is 4.40. The van der Waals surface area contributed by atoms with E-state index in [4.69, 9.17) is 17.3 Å². The zero-order valence-corrected chi connectivity index (χ0v) is 8.82. The van der Waals surface area contributed by atoms with Crippen LogP contribution in [0.5, 0.6) is 0 Å². The van der Waals surface area contributed by atoms with Crippen molar-refractivity contribution in [3.63, 3.8) is 0 Å². The lowest BCUT2D eigenvalue weighted by molar-refractivity contribution is 1.06. The van der Waals surface area contributed by atoms with Crippen LogP contribution in [0.2, 0.25) is 5.02 Å². The summed E-state index contributed by atoms with van der Waals surface area (Å²) in [4.78, 5) is 11.2. The molecule has 0 fully saturated rings. The molecule has 0 bridgehead atoms. The quantitative estimate of drug-likeness (QED) is 0.699. The van der Waals surface area contributed by atoms with Gasteiger partial charge in [-0.05, 0) is 24.3 Å². The van der Waals surface area contributed by atoms with Crippen molar-refractivity contribution < 1.29 is 0 Å². The molecule has 0 spiro atoms. The minimum Gasteiger partial charge on any atom is -0.382 e. The number of benzene rings is 1. The number of nitrogen functional groups attached to an aromatic ring is 1. The predicted molar refractivity (Wildman–Crippen MR) is 61.5 cm³/mol. The van der Waals surface area contributed by atoms with Gasteiger partial charge in [0.15, 0.2) is 5.69 Å². The van der Waals surface area contributed by atoms with Crippen molar-refractivity contribution in [1.29, 1.82) is 0 Å². The van der Waals surface area contributed by atoms with E-state index >= 15 is 0 Å². The maximum absolute atomic E-state index is 11.2. The van der Waals surface area contributed by atoms with Crippen LogP contribution < -0.4 is 11.3 Å². The number of nitrogens with two attached hydrogens (primary N) is 1. The minimum absolute atomic E-state index is 0.0648. The molecule has 0 aliphatic carbocycles. The van der Waals surface area contributed by atoms with Crippen molar-refractivity contribution in [3.05, 3.63) is 39.6 Å². The molecule has 0 amide bonds. The Balaban J connectivity index is 2.28. The van der Waals surface area contributed by atoms with Crippen LogP contribution in [0, 0.1) is 0 Å². The number of azo groups is 1. The highest BCUT2D eigenvalue weighted by molar-refractivity contribution is 6.30. The van der Waals surface area contributed by atoms with Gasteiger partial charge in [0.05, 0.1) is 5.69 Å². The molecule has 4 N–H and O–H groups in total. The summed E-state index contributed by atoms with van der Waals surface area (Å²) in [7, 11) is 0. The summed E-state index contributed by atoms with van der Waals surface area (Å²) in [6.45, 7) is 0. The van der Waals surface area contributed by atoms with Crippen LogP contribution >= 0.6 is 11.6 Å². The highest BCUT2D eigenvalue weighted by atomic mass is 35.5. The van der Waals surface area contributed by atoms with E-state index in [1.165, 1.54) is 0 Å². The lowest BCUT2D eigenvalue weighted by atomic mass is 10.3. The number of anilines is 1. The Morgan fingerprint density at radius 1 is 1.12 bits per heavy atom. The molecule has 0 saturated carbocycles. The smallest absolute Gasteiger partial charge is 0.293 e. The lowest BCUT2D eigenvalue weighted by Gasteiger charge is -1.91. The van der Waals surface area contributed by atoms with E-state index in [0.29, 0.717) is 10.7 Å². The molecular formula is C9H8ClN5O. The van der Waals surface area contributed by atoms with Gasteiger partial charge in [-0.15, -0.1) is 5.11 Å². The van der Waals surface area contributed by atoms with Crippen LogP contribution in [0.4, 0.5) is 17.2 Å². The van der Waals surface area contributed by atoms with Crippen molar-refractivity contribution in [3.8, 4) is 0 Å². The van der Waals surface area contributed by atoms with Gasteiger partial charge >= 0.3 is 0 Å². The van der Waals surface area contributed by atoms with Crippen molar-refractivity contribution in [1.82, 2.24) is 10.2 Å². The number of hydrogen-bond acceptors (Lipinski definition) is 4. The molecule has 7 heteroatoms. The fourth-order valence-electron chi connectivity index (χ4n) is 1.08. The number of nitrogens with one attached hydrogen (secondary N) is 2. The summed E-state index contributed by atoms with van der Waals surface area (Å²) in [5, 5.41) is 13.0. The van der Waals surface area contributed by atoms with Gasteiger partial charge < -0.3 is 5.73 Å². The first-order valence-corrected chi connectivity index (χ1v) is 4.78. The summed E-state index contributed by atoms with van der Waals surface area (Å²) in [5.41, 5.74) is 5.71. The SMILES string of the molecule is Nc1[nH][nH]c(=O)c1N=Nc1ccc(Cl)cc1. The lowest BCUT2D eigenvalue weighted by Crippen LogP contribution is -1.96. The summed E-state index contributed by atoms with van der Waals surface area (Å²) < 4.78 is 0. The standard InChI is InChI=1S/C9H8ClN5O/c10-5-1-3-6(4-2-5)12-13-7-8(11)14-15-9(7)16/h1-4H,(H4,11,14,15,16). The van der Waals surface area contributed by atoms with Gasteiger partial charge in [0.2, 0.25) is 0 Å². The van der Waals surface area contributed by atoms with Gasteiger partial charge in [-0.2, -0.15) is 5.11 Å². The van der Waals surface area contributed by atoms with Crippen molar-refractivity contribution in [2.75, 3.05) is 5.73 Å². The average molecular weight is 238 g/mol. The molecule has 1 heterocycles. The molecule has 0 aliphatic heterocycles. The maximum Gasteiger partial charge on any atom is 0.293 e. The van der Waals surface area contributed by atoms with Crippen molar-refractivity contribution in [2.24, 2.45) is 10.2 Å².